The number of aliphatic hydroxyl groups is 1. The summed E-state index contributed by atoms with van der Waals surface area (Å²) >= 11 is 3.65. The topological polar surface area (TPSA) is 32.7 Å². The summed E-state index contributed by atoms with van der Waals surface area (Å²) in [6.07, 6.45) is 2.93. The van der Waals surface area contributed by atoms with E-state index in [0.717, 1.165) is 50.9 Å². The number of aliphatic hydroxyl groups excluding tert-OH is 1. The van der Waals surface area contributed by atoms with E-state index in [2.05, 4.69) is 27.9 Å². The van der Waals surface area contributed by atoms with Gasteiger partial charge in [-0.3, -0.25) is 0 Å². The normalized spacial score (nSPS) is 22.3. The van der Waals surface area contributed by atoms with Crippen LogP contribution in [0, 0.1) is 5.41 Å². The molecule has 1 aliphatic rings. The van der Waals surface area contributed by atoms with Crippen LogP contribution in [0.3, 0.4) is 0 Å². The van der Waals surface area contributed by atoms with E-state index < -0.39 is 0 Å². The highest BCUT2D eigenvalue weighted by Gasteiger charge is 2.32. The number of alkyl halides is 1. The third-order valence-corrected chi connectivity index (χ3v) is 4.56. The lowest BCUT2D eigenvalue weighted by atomic mass is 9.82. The SMILES string of the molecule is CC(O)CCN(C)CC1(CBr)CCOCC1. The number of halogens is 1. The zero-order valence-electron chi connectivity index (χ0n) is 10.4. The molecule has 1 aliphatic heterocycles. The first-order valence-electron chi connectivity index (χ1n) is 6.08. The fourth-order valence-electron chi connectivity index (χ4n) is 2.20. The largest absolute Gasteiger partial charge is 0.393 e. The summed E-state index contributed by atoms with van der Waals surface area (Å²) in [5.74, 6) is 0. The maximum absolute atomic E-state index is 9.27. The van der Waals surface area contributed by atoms with Gasteiger partial charge in [0.25, 0.3) is 0 Å². The predicted octanol–water partition coefficient (Wildman–Crippen LogP) is 1.88. The predicted molar refractivity (Wildman–Crippen MR) is 70.1 cm³/mol. The molecule has 96 valence electrons. The van der Waals surface area contributed by atoms with E-state index in [-0.39, 0.29) is 6.10 Å². The van der Waals surface area contributed by atoms with E-state index in [1.54, 1.807) is 0 Å². The first-order chi connectivity index (χ1) is 7.58. The van der Waals surface area contributed by atoms with E-state index in [4.69, 9.17) is 4.74 Å². The highest BCUT2D eigenvalue weighted by molar-refractivity contribution is 9.09. The standard InChI is InChI=1S/C12H24BrNO2/c1-11(15)3-6-14(2)10-12(9-13)4-7-16-8-5-12/h11,15H,3-10H2,1-2H3. The summed E-state index contributed by atoms with van der Waals surface area (Å²) < 4.78 is 5.43. The van der Waals surface area contributed by atoms with E-state index in [1.807, 2.05) is 6.92 Å². The molecule has 0 aromatic heterocycles. The smallest absolute Gasteiger partial charge is 0.0524 e. The van der Waals surface area contributed by atoms with Crippen LogP contribution < -0.4 is 0 Å². The van der Waals surface area contributed by atoms with Gasteiger partial charge in [0.1, 0.15) is 0 Å². The second kappa shape index (κ2) is 6.94. The fourth-order valence-corrected chi connectivity index (χ4v) is 2.94. The van der Waals surface area contributed by atoms with Crippen molar-refractivity contribution in [2.24, 2.45) is 5.41 Å². The van der Waals surface area contributed by atoms with Crippen molar-refractivity contribution in [3.8, 4) is 0 Å². The Morgan fingerprint density at radius 3 is 2.56 bits per heavy atom. The maximum Gasteiger partial charge on any atom is 0.0524 e. The van der Waals surface area contributed by atoms with Crippen LogP contribution in [0.4, 0.5) is 0 Å². The van der Waals surface area contributed by atoms with Gasteiger partial charge in [-0.1, -0.05) is 15.9 Å². The van der Waals surface area contributed by atoms with Gasteiger partial charge in [-0.2, -0.15) is 0 Å². The van der Waals surface area contributed by atoms with Crippen LogP contribution in [0.2, 0.25) is 0 Å². The molecule has 1 heterocycles. The highest BCUT2D eigenvalue weighted by atomic mass is 79.9. The molecule has 1 unspecified atom stereocenters. The minimum Gasteiger partial charge on any atom is -0.393 e. The van der Waals surface area contributed by atoms with Crippen molar-refractivity contribution in [3.63, 3.8) is 0 Å². The minimum absolute atomic E-state index is 0.197. The van der Waals surface area contributed by atoms with Gasteiger partial charge >= 0.3 is 0 Å². The molecule has 0 bridgehead atoms. The van der Waals surface area contributed by atoms with Gasteiger partial charge in [0.15, 0.2) is 0 Å². The van der Waals surface area contributed by atoms with Crippen molar-refractivity contribution in [2.75, 3.05) is 38.7 Å². The van der Waals surface area contributed by atoms with Crippen LogP contribution in [0.15, 0.2) is 0 Å². The average molecular weight is 294 g/mol. The van der Waals surface area contributed by atoms with Crippen LogP contribution in [-0.4, -0.2) is 54.8 Å². The van der Waals surface area contributed by atoms with E-state index in [9.17, 15) is 5.11 Å². The van der Waals surface area contributed by atoms with Crippen molar-refractivity contribution in [1.82, 2.24) is 4.90 Å². The zero-order chi connectivity index (χ0) is 12.0. The van der Waals surface area contributed by atoms with Crippen LogP contribution >= 0.6 is 15.9 Å². The van der Waals surface area contributed by atoms with Gasteiger partial charge in [0.2, 0.25) is 0 Å². The first-order valence-corrected chi connectivity index (χ1v) is 7.20. The van der Waals surface area contributed by atoms with E-state index in [0.29, 0.717) is 5.41 Å². The molecule has 0 amide bonds. The Morgan fingerprint density at radius 2 is 2.06 bits per heavy atom. The maximum atomic E-state index is 9.27. The molecule has 3 nitrogen and oxygen atoms in total. The van der Waals surface area contributed by atoms with Gasteiger partial charge in [-0.15, -0.1) is 0 Å². The molecular formula is C12H24BrNO2. The Balaban J connectivity index is 2.36. The van der Waals surface area contributed by atoms with E-state index in [1.165, 1.54) is 0 Å². The fraction of sp³-hybridized carbons (Fsp3) is 1.00. The number of nitrogens with zero attached hydrogens (tertiary/aromatic N) is 1. The summed E-state index contributed by atoms with van der Waals surface area (Å²) in [5, 5.41) is 10.3. The third kappa shape index (κ3) is 4.70. The second-order valence-electron chi connectivity index (χ2n) is 5.12. The summed E-state index contributed by atoms with van der Waals surface area (Å²) in [5.41, 5.74) is 0.367. The molecule has 0 radical (unpaired) electrons. The van der Waals surface area contributed by atoms with Crippen LogP contribution in [0.25, 0.3) is 0 Å². The third-order valence-electron chi connectivity index (χ3n) is 3.37. The molecule has 0 spiro atoms. The second-order valence-corrected chi connectivity index (χ2v) is 5.68. The van der Waals surface area contributed by atoms with Gasteiger partial charge in [0.05, 0.1) is 6.10 Å². The quantitative estimate of drug-likeness (QED) is 0.759. The van der Waals surface area contributed by atoms with Gasteiger partial charge in [-0.25, -0.2) is 0 Å². The molecular weight excluding hydrogens is 270 g/mol. The van der Waals surface area contributed by atoms with Crippen molar-refractivity contribution in [2.45, 2.75) is 32.3 Å². The van der Waals surface area contributed by atoms with Crippen LogP contribution in [-0.2, 0) is 4.74 Å². The molecule has 1 saturated heterocycles. The first kappa shape index (κ1) is 14.4. The summed E-state index contributed by atoms with van der Waals surface area (Å²) in [6, 6.07) is 0. The molecule has 1 N–H and O–H groups in total. The Hall–Kier alpha value is 0.360. The van der Waals surface area contributed by atoms with Crippen LogP contribution in [0.1, 0.15) is 26.2 Å². The van der Waals surface area contributed by atoms with Crippen molar-refractivity contribution in [1.29, 1.82) is 0 Å². The minimum atomic E-state index is -0.197. The number of rotatable bonds is 6. The monoisotopic (exact) mass is 293 g/mol. The molecule has 1 rings (SSSR count). The Kier molecular flexibility index (Phi) is 6.26. The van der Waals surface area contributed by atoms with Gasteiger partial charge in [-0.05, 0) is 38.6 Å². The molecule has 0 aromatic carbocycles. The Morgan fingerprint density at radius 1 is 1.44 bits per heavy atom. The molecule has 1 atom stereocenters. The lowest BCUT2D eigenvalue weighted by Gasteiger charge is -2.38. The van der Waals surface area contributed by atoms with Crippen LogP contribution in [0.5, 0.6) is 0 Å². The van der Waals surface area contributed by atoms with Gasteiger partial charge < -0.3 is 14.7 Å². The number of ether oxygens (including phenoxy) is 1. The Bertz CT molecular complexity index is 193. The summed E-state index contributed by atoms with van der Waals surface area (Å²) in [6.45, 7) is 5.68. The lowest BCUT2D eigenvalue weighted by Crippen LogP contribution is -2.41. The number of hydrogen-bond donors (Lipinski definition) is 1. The number of hydrogen-bond acceptors (Lipinski definition) is 3. The van der Waals surface area contributed by atoms with Crippen molar-refractivity contribution >= 4 is 15.9 Å². The summed E-state index contributed by atoms with van der Waals surface area (Å²) in [7, 11) is 2.14. The molecule has 4 heteroatoms. The Labute approximate surface area is 107 Å². The molecule has 1 fully saturated rings. The molecule has 16 heavy (non-hydrogen) atoms. The summed E-state index contributed by atoms with van der Waals surface area (Å²) in [4.78, 5) is 2.33. The molecule has 0 aromatic rings. The lowest BCUT2D eigenvalue weighted by molar-refractivity contribution is 0.0104. The van der Waals surface area contributed by atoms with Gasteiger partial charge in [0, 0.05) is 31.6 Å². The highest BCUT2D eigenvalue weighted by Crippen LogP contribution is 2.33. The molecule has 0 saturated carbocycles. The van der Waals surface area contributed by atoms with E-state index >= 15 is 0 Å². The van der Waals surface area contributed by atoms with Crippen molar-refractivity contribution < 1.29 is 9.84 Å². The average Bonchev–Trinajstić information content (AvgIpc) is 2.28. The van der Waals surface area contributed by atoms with Crippen molar-refractivity contribution in [3.05, 3.63) is 0 Å². The zero-order valence-corrected chi connectivity index (χ0v) is 12.0. The molecule has 0 aliphatic carbocycles.